The molecule has 0 spiro atoms. The van der Waals surface area contributed by atoms with Crippen molar-refractivity contribution in [2.75, 3.05) is 11.9 Å². The zero-order valence-corrected chi connectivity index (χ0v) is 19.3. The lowest BCUT2D eigenvalue weighted by molar-refractivity contribution is -0.238. The van der Waals surface area contributed by atoms with Gasteiger partial charge in [-0.2, -0.15) is 0 Å². The van der Waals surface area contributed by atoms with Crippen LogP contribution in [0.25, 0.3) is 0 Å². The van der Waals surface area contributed by atoms with Gasteiger partial charge in [0, 0.05) is 17.7 Å². The van der Waals surface area contributed by atoms with Gasteiger partial charge in [-0.15, -0.1) is 0 Å². The van der Waals surface area contributed by atoms with E-state index < -0.39 is 0 Å². The van der Waals surface area contributed by atoms with Crippen molar-refractivity contribution in [3.05, 3.63) is 0 Å². The lowest BCUT2D eigenvalue weighted by Crippen LogP contribution is -2.56. The molecule has 0 amide bonds. The van der Waals surface area contributed by atoms with E-state index >= 15 is 0 Å². The van der Waals surface area contributed by atoms with Crippen LogP contribution in [0.2, 0.25) is 0 Å². The Kier molecular flexibility index (Phi) is 8.01. The third-order valence-corrected chi connectivity index (χ3v) is 8.74. The molecule has 2 rings (SSSR count). The highest BCUT2D eigenvalue weighted by atomic mass is 79.9. The largest absolute Gasteiger partial charge is 0.370 e. The van der Waals surface area contributed by atoms with Gasteiger partial charge in [0.25, 0.3) is 0 Å². The molecule has 0 aromatic rings. The maximum atomic E-state index is 12.2. The van der Waals surface area contributed by atoms with Crippen LogP contribution < -0.4 is 0 Å². The predicted molar refractivity (Wildman–Crippen MR) is 110 cm³/mol. The summed E-state index contributed by atoms with van der Waals surface area (Å²) in [5, 5.41) is 0.871. The first-order valence-electron chi connectivity index (χ1n) is 9.77. The van der Waals surface area contributed by atoms with E-state index in [2.05, 4.69) is 59.6 Å². The van der Waals surface area contributed by atoms with Gasteiger partial charge in [-0.25, -0.2) is 0 Å². The van der Waals surface area contributed by atoms with E-state index in [-0.39, 0.29) is 28.1 Å². The predicted octanol–water partition coefficient (Wildman–Crippen LogP) is 5.66. The number of carbonyl (C=O) groups is 1. The molecule has 5 heteroatoms. The van der Waals surface area contributed by atoms with E-state index in [1.807, 2.05) is 0 Å². The van der Waals surface area contributed by atoms with Crippen molar-refractivity contribution in [1.29, 1.82) is 0 Å². The molecule has 0 saturated carbocycles. The summed E-state index contributed by atoms with van der Waals surface area (Å²) in [6.45, 7) is 9.27. The molecule has 2 aliphatic heterocycles. The van der Waals surface area contributed by atoms with Crippen molar-refractivity contribution >= 4 is 37.6 Å². The van der Waals surface area contributed by atoms with Gasteiger partial charge in [0.1, 0.15) is 11.4 Å². The second kappa shape index (κ2) is 9.16. The molecule has 2 heterocycles. The van der Waals surface area contributed by atoms with Gasteiger partial charge in [0.05, 0.1) is 23.1 Å². The van der Waals surface area contributed by atoms with Gasteiger partial charge in [0.15, 0.2) is 0 Å². The monoisotopic (exact) mass is 480 g/mol. The van der Waals surface area contributed by atoms with Crippen LogP contribution in [0.15, 0.2) is 0 Å². The lowest BCUT2D eigenvalue weighted by atomic mass is 9.87. The zero-order valence-electron chi connectivity index (χ0n) is 16.2. The molecule has 3 nitrogen and oxygen atoms in total. The van der Waals surface area contributed by atoms with Gasteiger partial charge in [-0.05, 0) is 51.4 Å². The molecule has 2 unspecified atom stereocenters. The van der Waals surface area contributed by atoms with Crippen LogP contribution in [0.4, 0.5) is 0 Å². The molecule has 146 valence electrons. The Hall–Kier alpha value is 0.550. The molecule has 25 heavy (non-hydrogen) atoms. The lowest BCUT2D eigenvalue weighted by Gasteiger charge is -2.46. The molecule has 0 aliphatic carbocycles. The molecule has 0 aromatic carbocycles. The second-order valence-corrected chi connectivity index (χ2v) is 10.4. The Labute approximate surface area is 170 Å². The Morgan fingerprint density at radius 1 is 1.28 bits per heavy atom. The Balaban J connectivity index is 1.79. The van der Waals surface area contributed by atoms with Crippen LogP contribution >= 0.6 is 31.9 Å². The van der Waals surface area contributed by atoms with Crippen LogP contribution in [0, 0.1) is 11.8 Å². The van der Waals surface area contributed by atoms with E-state index in [0.29, 0.717) is 18.3 Å². The summed E-state index contributed by atoms with van der Waals surface area (Å²) in [6.07, 6.45) is 6.96. The first-order chi connectivity index (χ1) is 11.7. The Bertz CT molecular complexity index is 456. The van der Waals surface area contributed by atoms with Crippen molar-refractivity contribution in [3.8, 4) is 0 Å². The minimum Gasteiger partial charge on any atom is -0.370 e. The molecule has 0 N–H and O–H groups in total. The molecule has 2 saturated heterocycles. The fraction of sp³-hybridized carbons (Fsp3) is 0.950. The number of alkyl halides is 2. The van der Waals surface area contributed by atoms with E-state index in [1.54, 1.807) is 0 Å². The summed E-state index contributed by atoms with van der Waals surface area (Å²) in [5.41, 5.74) is -0.381. The molecule has 0 radical (unpaired) electrons. The average Bonchev–Trinajstić information content (AvgIpc) is 2.98. The first kappa shape index (κ1) is 21.8. The summed E-state index contributed by atoms with van der Waals surface area (Å²) in [4.78, 5) is 12.5. The maximum Gasteiger partial charge on any atom is 0.135 e. The van der Waals surface area contributed by atoms with Crippen LogP contribution in [-0.2, 0) is 14.3 Å². The van der Waals surface area contributed by atoms with Crippen LogP contribution in [0.1, 0.15) is 72.6 Å². The number of hydrogen-bond donors (Lipinski definition) is 0. The Morgan fingerprint density at radius 3 is 2.64 bits per heavy atom. The molecule has 5 atom stereocenters. The van der Waals surface area contributed by atoms with E-state index in [0.717, 1.165) is 50.3 Å². The van der Waals surface area contributed by atoms with Gasteiger partial charge in [-0.1, -0.05) is 52.6 Å². The molecular weight excluding hydrogens is 448 g/mol. The number of rotatable bonds is 10. The van der Waals surface area contributed by atoms with Crippen molar-refractivity contribution in [3.63, 3.8) is 0 Å². The molecule has 2 aliphatic rings. The Morgan fingerprint density at radius 2 is 2.00 bits per heavy atom. The highest BCUT2D eigenvalue weighted by molar-refractivity contribution is 9.12. The second-order valence-electron chi connectivity index (χ2n) is 8.63. The van der Waals surface area contributed by atoms with Crippen LogP contribution in [-0.4, -0.2) is 39.9 Å². The SMILES string of the molecule is CC(C)CCC(=O)C(C)CCC[C@]1(C)OC[C@]2(C(Br)CBr)CC[C@H]1O2. The molecular formula is C20H34Br2O3. The fourth-order valence-corrected chi connectivity index (χ4v) is 5.04. The fourth-order valence-electron chi connectivity index (χ4n) is 3.98. The summed E-state index contributed by atoms with van der Waals surface area (Å²) in [6, 6.07) is 0. The summed E-state index contributed by atoms with van der Waals surface area (Å²) in [5.74, 6) is 1.18. The van der Waals surface area contributed by atoms with Crippen LogP contribution in [0.3, 0.4) is 0 Å². The third-order valence-electron chi connectivity index (χ3n) is 6.07. The number of hydrogen-bond acceptors (Lipinski definition) is 3. The number of carbonyl (C=O) groups excluding carboxylic acids is 1. The summed E-state index contributed by atoms with van der Waals surface area (Å²) in [7, 11) is 0. The van der Waals surface area contributed by atoms with Gasteiger partial charge >= 0.3 is 0 Å². The quantitative estimate of drug-likeness (QED) is 0.377. The molecule has 0 aromatic heterocycles. The topological polar surface area (TPSA) is 35.5 Å². The van der Waals surface area contributed by atoms with E-state index in [4.69, 9.17) is 9.47 Å². The van der Waals surface area contributed by atoms with Crippen molar-refractivity contribution in [2.24, 2.45) is 11.8 Å². The van der Waals surface area contributed by atoms with Gasteiger partial charge in [0.2, 0.25) is 0 Å². The smallest absolute Gasteiger partial charge is 0.135 e. The number of ketones is 1. The maximum absolute atomic E-state index is 12.2. The van der Waals surface area contributed by atoms with E-state index in [1.165, 1.54) is 0 Å². The first-order valence-corrected chi connectivity index (χ1v) is 11.8. The highest BCUT2D eigenvalue weighted by Crippen LogP contribution is 2.48. The number of fused-ring (bicyclic) bond motifs is 2. The van der Waals surface area contributed by atoms with Crippen molar-refractivity contribution < 1.29 is 14.3 Å². The minimum atomic E-state index is -0.209. The summed E-state index contributed by atoms with van der Waals surface area (Å²) >= 11 is 7.29. The number of halogens is 2. The number of Topliss-reactive ketones (excluding diaryl/α,β-unsaturated/α-hetero) is 1. The standard InChI is InChI=1S/C20H34Br2O3/c1-14(2)7-8-16(23)15(3)6-5-10-19(4)18-9-11-20(25-18,13-24-19)17(22)12-21/h14-15,17-18H,5-13H2,1-4H3/t15?,17?,18-,19+,20+/m1/s1. The number of ether oxygens (including phenoxy) is 2. The third kappa shape index (κ3) is 5.30. The highest BCUT2D eigenvalue weighted by Gasteiger charge is 2.55. The van der Waals surface area contributed by atoms with E-state index in [9.17, 15) is 4.79 Å². The van der Waals surface area contributed by atoms with Crippen LogP contribution in [0.5, 0.6) is 0 Å². The average molecular weight is 482 g/mol. The molecule has 2 bridgehead atoms. The van der Waals surface area contributed by atoms with Gasteiger partial charge < -0.3 is 9.47 Å². The van der Waals surface area contributed by atoms with Crippen molar-refractivity contribution in [2.45, 2.75) is 94.8 Å². The normalized spacial score (nSPS) is 34.3. The van der Waals surface area contributed by atoms with Crippen molar-refractivity contribution in [1.82, 2.24) is 0 Å². The minimum absolute atomic E-state index is 0.162. The molecule has 2 fully saturated rings. The summed E-state index contributed by atoms with van der Waals surface area (Å²) < 4.78 is 12.8. The van der Waals surface area contributed by atoms with Gasteiger partial charge in [-0.3, -0.25) is 4.79 Å². The zero-order chi connectivity index (χ0) is 18.7.